The third kappa shape index (κ3) is 3.16. The molecule has 0 saturated carbocycles. The van der Waals surface area contributed by atoms with Crippen molar-refractivity contribution in [3.05, 3.63) is 35.1 Å². The summed E-state index contributed by atoms with van der Waals surface area (Å²) in [6.07, 6.45) is -0.927. The summed E-state index contributed by atoms with van der Waals surface area (Å²) < 4.78 is 18.9. The van der Waals surface area contributed by atoms with Crippen LogP contribution in [-0.2, 0) is 9.53 Å². The maximum Gasteiger partial charge on any atom is 0.335 e. The summed E-state index contributed by atoms with van der Waals surface area (Å²) in [6.45, 7) is 0.255. The Morgan fingerprint density at radius 1 is 1.38 bits per heavy atom. The largest absolute Gasteiger partial charge is 0.478 e. The van der Waals surface area contributed by atoms with Gasteiger partial charge in [0.05, 0.1) is 24.3 Å². The minimum Gasteiger partial charge on any atom is -0.478 e. The predicted octanol–water partition coefficient (Wildman–Crippen LogP) is -0.150. The number of morpholine rings is 1. The molecule has 112 valence electrons. The Kier molecular flexibility index (Phi) is 4.18. The maximum atomic E-state index is 13.8. The highest BCUT2D eigenvalue weighted by Crippen LogP contribution is 2.15. The average molecular weight is 296 g/mol. The van der Waals surface area contributed by atoms with Gasteiger partial charge in [0.25, 0.3) is 5.91 Å². The van der Waals surface area contributed by atoms with Crippen LogP contribution in [-0.4, -0.2) is 53.6 Å². The van der Waals surface area contributed by atoms with Crippen LogP contribution in [0.25, 0.3) is 0 Å². The van der Waals surface area contributed by atoms with Crippen LogP contribution in [0.5, 0.6) is 0 Å². The maximum absolute atomic E-state index is 13.8. The van der Waals surface area contributed by atoms with E-state index in [1.165, 1.54) is 4.90 Å². The summed E-state index contributed by atoms with van der Waals surface area (Å²) in [7, 11) is 0. The van der Waals surface area contributed by atoms with Crippen LogP contribution in [0.15, 0.2) is 18.2 Å². The zero-order valence-corrected chi connectivity index (χ0v) is 10.9. The zero-order valence-electron chi connectivity index (χ0n) is 10.9. The topological polar surface area (TPSA) is 110 Å². The number of amides is 2. The first-order valence-corrected chi connectivity index (χ1v) is 6.13. The lowest BCUT2D eigenvalue weighted by Gasteiger charge is -2.31. The van der Waals surface area contributed by atoms with Gasteiger partial charge in [0.2, 0.25) is 5.91 Å². The molecular weight excluding hydrogens is 283 g/mol. The molecule has 1 aromatic rings. The van der Waals surface area contributed by atoms with E-state index in [9.17, 15) is 18.8 Å². The van der Waals surface area contributed by atoms with E-state index < -0.39 is 29.7 Å². The van der Waals surface area contributed by atoms with E-state index in [4.69, 9.17) is 15.6 Å². The van der Waals surface area contributed by atoms with Gasteiger partial charge in [-0.3, -0.25) is 9.59 Å². The summed E-state index contributed by atoms with van der Waals surface area (Å²) in [5.41, 5.74) is 4.60. The quantitative estimate of drug-likeness (QED) is 0.806. The number of nitrogens with two attached hydrogens (primary N) is 1. The molecule has 2 rings (SSSR count). The van der Waals surface area contributed by atoms with Crippen molar-refractivity contribution in [2.24, 2.45) is 5.73 Å². The molecule has 2 amide bonds. The van der Waals surface area contributed by atoms with E-state index in [0.717, 1.165) is 18.2 Å². The molecule has 1 fully saturated rings. The first-order chi connectivity index (χ1) is 9.90. The number of carbonyl (C=O) groups is 3. The number of carboxylic acids is 1. The number of rotatable bonds is 3. The van der Waals surface area contributed by atoms with E-state index in [0.29, 0.717) is 0 Å². The van der Waals surface area contributed by atoms with Gasteiger partial charge >= 0.3 is 5.97 Å². The Bertz CT molecular complexity index is 604. The standard InChI is InChI=1S/C13H13FN2O5/c14-9-5-7(13(19)20)1-2-8(9)12(18)16-3-4-21-10(6-16)11(15)17/h1-2,5,10H,3-4,6H2,(H2,15,17)(H,19,20). The third-order valence-electron chi connectivity index (χ3n) is 3.12. The molecule has 0 bridgehead atoms. The van der Waals surface area contributed by atoms with E-state index in [2.05, 4.69) is 0 Å². The molecule has 1 heterocycles. The molecule has 1 unspecified atom stereocenters. The Balaban J connectivity index is 2.20. The van der Waals surface area contributed by atoms with Crippen LogP contribution in [0, 0.1) is 5.82 Å². The van der Waals surface area contributed by atoms with Crippen molar-refractivity contribution in [1.29, 1.82) is 0 Å². The summed E-state index contributed by atoms with van der Waals surface area (Å²) in [6, 6.07) is 3.03. The molecule has 1 aromatic carbocycles. The molecule has 8 heteroatoms. The lowest BCUT2D eigenvalue weighted by Crippen LogP contribution is -2.50. The molecular formula is C13H13FN2O5. The molecule has 3 N–H and O–H groups in total. The molecule has 0 aliphatic carbocycles. The second-order valence-corrected chi connectivity index (χ2v) is 4.51. The normalized spacial score (nSPS) is 18.3. The van der Waals surface area contributed by atoms with Gasteiger partial charge in [0.1, 0.15) is 5.82 Å². The monoisotopic (exact) mass is 296 g/mol. The number of carbonyl (C=O) groups excluding carboxylic acids is 2. The first-order valence-electron chi connectivity index (χ1n) is 6.13. The van der Waals surface area contributed by atoms with Gasteiger partial charge in [-0.05, 0) is 18.2 Å². The fraction of sp³-hybridized carbons (Fsp3) is 0.308. The van der Waals surface area contributed by atoms with Gasteiger partial charge in [-0.25, -0.2) is 9.18 Å². The van der Waals surface area contributed by atoms with Crippen LogP contribution < -0.4 is 5.73 Å². The SMILES string of the molecule is NC(=O)C1CN(C(=O)c2ccc(C(=O)O)cc2F)CCO1. The third-order valence-corrected chi connectivity index (χ3v) is 3.12. The fourth-order valence-electron chi connectivity index (χ4n) is 2.00. The summed E-state index contributed by atoms with van der Waals surface area (Å²) in [4.78, 5) is 35.2. The minimum absolute atomic E-state index is 0.0612. The van der Waals surface area contributed by atoms with Gasteiger partial charge in [-0.15, -0.1) is 0 Å². The molecule has 1 saturated heterocycles. The van der Waals surface area contributed by atoms with Crippen molar-refractivity contribution < 1.29 is 28.6 Å². The lowest BCUT2D eigenvalue weighted by atomic mass is 10.1. The Labute approximate surface area is 119 Å². The number of halogens is 1. The van der Waals surface area contributed by atoms with Gasteiger partial charge in [-0.1, -0.05) is 0 Å². The molecule has 1 aliphatic heterocycles. The average Bonchev–Trinajstić information content (AvgIpc) is 2.46. The summed E-state index contributed by atoms with van der Waals surface area (Å²) in [5.74, 6) is -3.55. The number of ether oxygens (including phenoxy) is 1. The van der Waals surface area contributed by atoms with Crippen LogP contribution in [0.4, 0.5) is 4.39 Å². The second-order valence-electron chi connectivity index (χ2n) is 4.51. The van der Waals surface area contributed by atoms with Crippen molar-refractivity contribution in [3.63, 3.8) is 0 Å². The van der Waals surface area contributed by atoms with Gasteiger partial charge in [0.15, 0.2) is 6.10 Å². The fourth-order valence-corrected chi connectivity index (χ4v) is 2.00. The van der Waals surface area contributed by atoms with Crippen molar-refractivity contribution in [2.45, 2.75) is 6.10 Å². The Morgan fingerprint density at radius 2 is 2.10 bits per heavy atom. The summed E-state index contributed by atoms with van der Waals surface area (Å²) >= 11 is 0. The minimum atomic E-state index is -1.28. The van der Waals surface area contributed by atoms with E-state index >= 15 is 0 Å². The number of benzene rings is 1. The molecule has 0 spiro atoms. The highest BCUT2D eigenvalue weighted by Gasteiger charge is 2.29. The second kappa shape index (κ2) is 5.88. The van der Waals surface area contributed by atoms with Crippen LogP contribution in [0.2, 0.25) is 0 Å². The Hall–Kier alpha value is -2.48. The van der Waals surface area contributed by atoms with Crippen molar-refractivity contribution in [1.82, 2.24) is 4.90 Å². The molecule has 0 aromatic heterocycles. The Morgan fingerprint density at radius 3 is 2.67 bits per heavy atom. The van der Waals surface area contributed by atoms with Crippen LogP contribution in [0.3, 0.4) is 0 Å². The van der Waals surface area contributed by atoms with Gasteiger partial charge < -0.3 is 20.5 Å². The molecule has 1 atom stereocenters. The number of aromatic carboxylic acids is 1. The number of nitrogens with zero attached hydrogens (tertiary/aromatic N) is 1. The van der Waals surface area contributed by atoms with Crippen molar-refractivity contribution in [2.75, 3.05) is 19.7 Å². The van der Waals surface area contributed by atoms with Crippen molar-refractivity contribution >= 4 is 17.8 Å². The molecule has 1 aliphatic rings. The molecule has 21 heavy (non-hydrogen) atoms. The number of primary amides is 1. The highest BCUT2D eigenvalue weighted by atomic mass is 19.1. The predicted molar refractivity (Wildman–Crippen MR) is 68.2 cm³/mol. The van der Waals surface area contributed by atoms with E-state index in [-0.39, 0.29) is 30.8 Å². The highest BCUT2D eigenvalue weighted by molar-refractivity contribution is 5.96. The zero-order chi connectivity index (χ0) is 15.6. The van der Waals surface area contributed by atoms with Gasteiger partial charge in [0, 0.05) is 6.54 Å². The lowest BCUT2D eigenvalue weighted by molar-refractivity contribution is -0.133. The number of hydrogen-bond acceptors (Lipinski definition) is 4. The smallest absolute Gasteiger partial charge is 0.335 e. The number of hydrogen-bond donors (Lipinski definition) is 2. The molecule has 7 nitrogen and oxygen atoms in total. The summed E-state index contributed by atoms with van der Waals surface area (Å²) in [5, 5.41) is 8.75. The van der Waals surface area contributed by atoms with Crippen molar-refractivity contribution in [3.8, 4) is 0 Å². The van der Waals surface area contributed by atoms with Crippen LogP contribution in [0.1, 0.15) is 20.7 Å². The number of carboxylic acid groups (broad SMARTS) is 1. The van der Waals surface area contributed by atoms with E-state index in [1.807, 2.05) is 0 Å². The van der Waals surface area contributed by atoms with Crippen LogP contribution >= 0.6 is 0 Å². The van der Waals surface area contributed by atoms with E-state index in [1.54, 1.807) is 0 Å². The molecule has 0 radical (unpaired) electrons. The first kappa shape index (κ1) is 14.9. The van der Waals surface area contributed by atoms with Gasteiger partial charge in [-0.2, -0.15) is 0 Å².